The van der Waals surface area contributed by atoms with Crippen molar-refractivity contribution in [1.29, 1.82) is 0 Å². The van der Waals surface area contributed by atoms with Gasteiger partial charge in [0.05, 0.1) is 5.02 Å². The van der Waals surface area contributed by atoms with Crippen molar-refractivity contribution in [1.82, 2.24) is 0 Å². The van der Waals surface area contributed by atoms with E-state index >= 15 is 0 Å². The van der Waals surface area contributed by atoms with Gasteiger partial charge in [-0.2, -0.15) is 0 Å². The summed E-state index contributed by atoms with van der Waals surface area (Å²) in [4.78, 5) is 22.4. The number of furan rings is 1. The molecule has 2 rings (SSSR count). The van der Waals surface area contributed by atoms with Crippen LogP contribution in [-0.4, -0.2) is 16.9 Å². The molecule has 0 saturated carbocycles. The van der Waals surface area contributed by atoms with Crippen LogP contribution in [0.15, 0.2) is 34.7 Å². The molecular weight excluding hydrogens is 263 g/mol. The molecule has 2 aromatic rings. The van der Waals surface area contributed by atoms with Crippen LogP contribution >= 0.6 is 11.6 Å². The molecule has 1 heterocycles. The maximum atomic E-state index is 13.2. The molecule has 0 aliphatic heterocycles. The topological polar surface area (TPSA) is 67.5 Å². The molecule has 0 amide bonds. The van der Waals surface area contributed by atoms with Crippen LogP contribution < -0.4 is 0 Å². The van der Waals surface area contributed by atoms with Crippen LogP contribution in [-0.2, 0) is 0 Å². The van der Waals surface area contributed by atoms with Crippen molar-refractivity contribution >= 4 is 23.4 Å². The minimum absolute atomic E-state index is 0.0307. The third-order valence-electron chi connectivity index (χ3n) is 2.22. The van der Waals surface area contributed by atoms with Crippen molar-refractivity contribution in [3.63, 3.8) is 0 Å². The van der Waals surface area contributed by atoms with Crippen molar-refractivity contribution in [3.05, 3.63) is 58.3 Å². The van der Waals surface area contributed by atoms with Gasteiger partial charge in [-0.25, -0.2) is 9.18 Å². The van der Waals surface area contributed by atoms with Gasteiger partial charge in [0.2, 0.25) is 11.5 Å². The number of hydrogen-bond acceptors (Lipinski definition) is 3. The van der Waals surface area contributed by atoms with E-state index in [4.69, 9.17) is 21.1 Å². The highest BCUT2D eigenvalue weighted by molar-refractivity contribution is 6.30. The monoisotopic (exact) mass is 268 g/mol. The van der Waals surface area contributed by atoms with Crippen LogP contribution in [0.1, 0.15) is 26.7 Å². The van der Waals surface area contributed by atoms with Gasteiger partial charge in [0.1, 0.15) is 5.82 Å². The minimum Gasteiger partial charge on any atom is -0.475 e. The number of carbonyl (C=O) groups excluding carboxylic acids is 1. The second kappa shape index (κ2) is 4.62. The Morgan fingerprint density at radius 3 is 2.39 bits per heavy atom. The molecule has 0 atom stereocenters. The van der Waals surface area contributed by atoms with Crippen LogP contribution in [0, 0.1) is 5.82 Å². The number of hydrogen-bond donors (Lipinski definition) is 1. The van der Waals surface area contributed by atoms with E-state index in [0.29, 0.717) is 0 Å². The largest absolute Gasteiger partial charge is 0.475 e. The summed E-state index contributed by atoms with van der Waals surface area (Å²) >= 11 is 5.49. The Hall–Kier alpha value is -2.14. The Morgan fingerprint density at radius 2 is 1.83 bits per heavy atom. The average molecular weight is 269 g/mol. The van der Waals surface area contributed by atoms with E-state index in [0.717, 1.165) is 12.1 Å². The van der Waals surface area contributed by atoms with E-state index < -0.39 is 17.6 Å². The molecule has 0 radical (unpaired) electrons. The van der Waals surface area contributed by atoms with Crippen LogP contribution in [0.25, 0.3) is 0 Å². The Balaban J connectivity index is 2.35. The first-order chi connectivity index (χ1) is 8.49. The summed E-state index contributed by atoms with van der Waals surface area (Å²) in [5.41, 5.74) is 0.0307. The molecule has 0 unspecified atom stereocenters. The first-order valence-corrected chi connectivity index (χ1v) is 5.19. The van der Waals surface area contributed by atoms with Gasteiger partial charge in [-0.1, -0.05) is 11.6 Å². The van der Waals surface area contributed by atoms with Crippen molar-refractivity contribution in [3.8, 4) is 0 Å². The summed E-state index contributed by atoms with van der Waals surface area (Å²) in [5, 5.41) is 8.55. The molecule has 1 aromatic heterocycles. The van der Waals surface area contributed by atoms with Gasteiger partial charge in [-0.05, 0) is 30.3 Å². The molecule has 0 fully saturated rings. The molecule has 1 aromatic carbocycles. The summed E-state index contributed by atoms with van der Waals surface area (Å²) < 4.78 is 18.0. The van der Waals surface area contributed by atoms with Crippen molar-refractivity contribution in [2.24, 2.45) is 0 Å². The third-order valence-corrected chi connectivity index (χ3v) is 2.53. The van der Waals surface area contributed by atoms with Crippen molar-refractivity contribution in [2.45, 2.75) is 0 Å². The molecule has 18 heavy (non-hydrogen) atoms. The molecule has 0 bridgehead atoms. The lowest BCUT2D eigenvalue weighted by atomic mass is 10.1. The van der Waals surface area contributed by atoms with Crippen LogP contribution in [0.3, 0.4) is 0 Å². The van der Waals surface area contributed by atoms with E-state index in [9.17, 15) is 14.0 Å². The zero-order chi connectivity index (χ0) is 13.3. The van der Waals surface area contributed by atoms with Gasteiger partial charge in [0.25, 0.3) is 0 Å². The highest BCUT2D eigenvalue weighted by atomic mass is 35.5. The van der Waals surface area contributed by atoms with Crippen molar-refractivity contribution in [2.75, 3.05) is 0 Å². The second-order valence-corrected chi connectivity index (χ2v) is 3.83. The van der Waals surface area contributed by atoms with Gasteiger partial charge >= 0.3 is 5.97 Å². The van der Waals surface area contributed by atoms with Gasteiger partial charge < -0.3 is 9.52 Å². The molecule has 1 N–H and O–H groups in total. The summed E-state index contributed by atoms with van der Waals surface area (Å²) in [7, 11) is 0. The molecule has 92 valence electrons. The maximum absolute atomic E-state index is 13.2. The van der Waals surface area contributed by atoms with Gasteiger partial charge in [0.15, 0.2) is 5.76 Å². The average Bonchev–Trinajstić information content (AvgIpc) is 2.81. The number of carbonyl (C=O) groups is 2. The highest BCUT2D eigenvalue weighted by Gasteiger charge is 2.17. The van der Waals surface area contributed by atoms with E-state index in [1.54, 1.807) is 0 Å². The quantitative estimate of drug-likeness (QED) is 0.869. The Labute approximate surface area is 106 Å². The zero-order valence-electron chi connectivity index (χ0n) is 8.81. The Morgan fingerprint density at radius 1 is 1.17 bits per heavy atom. The predicted molar refractivity (Wildman–Crippen MR) is 60.5 cm³/mol. The molecule has 0 aliphatic rings. The molecular formula is C12H6ClFO4. The van der Waals surface area contributed by atoms with Gasteiger partial charge in [0, 0.05) is 5.56 Å². The lowest BCUT2D eigenvalue weighted by Crippen LogP contribution is -2.00. The standard InChI is InChI=1S/C12H6ClFO4/c13-7-2-1-6(5-8(7)14)11(15)9-3-4-10(18-9)12(16)17/h1-5H,(H,16,17). The molecule has 4 nitrogen and oxygen atoms in total. The first-order valence-electron chi connectivity index (χ1n) is 4.82. The molecule has 0 saturated heterocycles. The van der Waals surface area contributed by atoms with E-state index in [1.165, 1.54) is 18.2 Å². The van der Waals surface area contributed by atoms with Gasteiger partial charge in [-0.15, -0.1) is 0 Å². The van der Waals surface area contributed by atoms with Crippen LogP contribution in [0.5, 0.6) is 0 Å². The van der Waals surface area contributed by atoms with Gasteiger partial charge in [-0.3, -0.25) is 4.79 Å². The summed E-state index contributed by atoms with van der Waals surface area (Å²) in [6, 6.07) is 5.91. The number of carboxylic acids is 1. The third kappa shape index (κ3) is 2.26. The SMILES string of the molecule is O=C(O)c1ccc(C(=O)c2ccc(Cl)c(F)c2)o1. The fourth-order valence-electron chi connectivity index (χ4n) is 1.35. The number of rotatable bonds is 3. The number of benzene rings is 1. The molecule has 6 heteroatoms. The smallest absolute Gasteiger partial charge is 0.371 e. The Kier molecular flexibility index (Phi) is 3.16. The van der Waals surface area contributed by atoms with E-state index in [1.807, 2.05) is 0 Å². The fraction of sp³-hybridized carbons (Fsp3) is 0. The number of aromatic carboxylic acids is 1. The normalized spacial score (nSPS) is 10.3. The van der Waals surface area contributed by atoms with E-state index in [-0.39, 0.29) is 22.1 Å². The lowest BCUT2D eigenvalue weighted by Gasteiger charge is -1.99. The fourth-order valence-corrected chi connectivity index (χ4v) is 1.47. The van der Waals surface area contributed by atoms with Crippen LogP contribution in [0.4, 0.5) is 4.39 Å². The number of halogens is 2. The predicted octanol–water partition coefficient (Wildman–Crippen LogP) is 3.00. The zero-order valence-corrected chi connectivity index (χ0v) is 9.57. The summed E-state index contributed by atoms with van der Waals surface area (Å²) in [6.45, 7) is 0. The summed E-state index contributed by atoms with van der Waals surface area (Å²) in [5.74, 6) is -3.15. The molecule has 0 aliphatic carbocycles. The summed E-state index contributed by atoms with van der Waals surface area (Å²) in [6.07, 6.45) is 0. The second-order valence-electron chi connectivity index (χ2n) is 3.43. The maximum Gasteiger partial charge on any atom is 0.371 e. The molecule has 0 spiro atoms. The minimum atomic E-state index is -1.28. The van der Waals surface area contributed by atoms with Crippen LogP contribution in [0.2, 0.25) is 5.02 Å². The number of carboxylic acid groups (broad SMARTS) is 1. The first kappa shape index (κ1) is 12.3. The van der Waals surface area contributed by atoms with Crippen molar-refractivity contribution < 1.29 is 23.5 Å². The lowest BCUT2D eigenvalue weighted by molar-refractivity contribution is 0.0660. The number of ketones is 1. The highest BCUT2D eigenvalue weighted by Crippen LogP contribution is 2.19. The van der Waals surface area contributed by atoms with E-state index in [2.05, 4.69) is 0 Å². The Bertz CT molecular complexity index is 633.